The quantitative estimate of drug-likeness (QED) is 0.845. The average Bonchev–Trinajstić information content (AvgIpc) is 2.30. The van der Waals surface area contributed by atoms with Gasteiger partial charge in [-0.3, -0.25) is 4.90 Å². The van der Waals surface area contributed by atoms with E-state index in [0.717, 1.165) is 6.42 Å². The molecule has 1 saturated heterocycles. The molecule has 0 atom stereocenters. The van der Waals surface area contributed by atoms with E-state index in [-0.39, 0.29) is 6.03 Å². The zero-order valence-electron chi connectivity index (χ0n) is 9.03. The molecule has 0 spiro atoms. The van der Waals surface area contributed by atoms with E-state index in [9.17, 15) is 13.6 Å². The highest BCUT2D eigenvalue weighted by Crippen LogP contribution is 2.34. The molecular formula is C11H12F2N2OS. The summed E-state index contributed by atoms with van der Waals surface area (Å²) in [5, 5.41) is 2.70. The van der Waals surface area contributed by atoms with Crippen LogP contribution in [0.4, 0.5) is 19.3 Å². The molecule has 1 aromatic rings. The average molecular weight is 258 g/mol. The zero-order chi connectivity index (χ0) is 12.3. The molecule has 2 amide bonds. The van der Waals surface area contributed by atoms with Crippen molar-refractivity contribution in [1.82, 2.24) is 5.32 Å². The van der Waals surface area contributed by atoms with Crippen molar-refractivity contribution >= 4 is 23.5 Å². The van der Waals surface area contributed by atoms with Gasteiger partial charge in [-0.05, 0) is 18.6 Å². The summed E-state index contributed by atoms with van der Waals surface area (Å²) in [5.41, 5.74) is 0.551. The molecule has 3 nitrogen and oxygen atoms in total. The molecular weight excluding hydrogens is 246 g/mol. The van der Waals surface area contributed by atoms with Gasteiger partial charge in [-0.2, -0.15) is 8.78 Å². The van der Waals surface area contributed by atoms with Crippen molar-refractivity contribution in [1.29, 1.82) is 0 Å². The van der Waals surface area contributed by atoms with Crippen molar-refractivity contribution in [2.24, 2.45) is 0 Å². The van der Waals surface area contributed by atoms with Crippen LogP contribution in [-0.2, 0) is 0 Å². The van der Waals surface area contributed by atoms with Crippen LogP contribution in [0.5, 0.6) is 0 Å². The smallest absolute Gasteiger partial charge is 0.321 e. The second-order valence-corrected chi connectivity index (χ2v) is 4.62. The van der Waals surface area contributed by atoms with Gasteiger partial charge in [-0.1, -0.05) is 23.9 Å². The number of thioether (sulfide) groups is 1. The van der Waals surface area contributed by atoms with Crippen LogP contribution in [0.25, 0.3) is 0 Å². The van der Waals surface area contributed by atoms with Crippen LogP contribution in [0.3, 0.4) is 0 Å². The predicted octanol–water partition coefficient (Wildman–Crippen LogP) is 2.92. The second kappa shape index (κ2) is 5.35. The third kappa shape index (κ3) is 2.88. The highest BCUT2D eigenvalue weighted by atomic mass is 32.2. The molecule has 0 saturated carbocycles. The predicted molar refractivity (Wildman–Crippen MR) is 63.7 cm³/mol. The lowest BCUT2D eigenvalue weighted by atomic mass is 10.2. The Labute approximate surface area is 102 Å². The number of para-hydroxylation sites is 1. The summed E-state index contributed by atoms with van der Waals surface area (Å²) in [6.45, 7) is 1.20. The Morgan fingerprint density at radius 2 is 2.12 bits per heavy atom. The lowest BCUT2D eigenvalue weighted by Gasteiger charge is -2.28. The number of carbonyl (C=O) groups is 1. The minimum absolute atomic E-state index is 0.224. The second-order valence-electron chi connectivity index (χ2n) is 3.58. The van der Waals surface area contributed by atoms with E-state index in [1.165, 1.54) is 4.90 Å². The SMILES string of the molecule is O=C1NCCCN1c1ccccc1SC(F)F. The summed E-state index contributed by atoms with van der Waals surface area (Å²) < 4.78 is 24.8. The number of anilines is 1. The van der Waals surface area contributed by atoms with Crippen molar-refractivity contribution in [2.45, 2.75) is 17.1 Å². The Bertz CT molecular complexity index is 414. The number of nitrogens with zero attached hydrogens (tertiary/aromatic N) is 1. The Morgan fingerprint density at radius 3 is 2.82 bits per heavy atom. The van der Waals surface area contributed by atoms with Gasteiger partial charge in [-0.15, -0.1) is 0 Å². The number of urea groups is 1. The number of alkyl halides is 2. The van der Waals surface area contributed by atoms with E-state index in [1.807, 2.05) is 0 Å². The summed E-state index contributed by atoms with van der Waals surface area (Å²) in [7, 11) is 0. The molecule has 92 valence electrons. The van der Waals surface area contributed by atoms with Gasteiger partial charge in [-0.25, -0.2) is 4.79 Å². The molecule has 1 fully saturated rings. The van der Waals surface area contributed by atoms with E-state index < -0.39 is 5.76 Å². The van der Waals surface area contributed by atoms with E-state index in [4.69, 9.17) is 0 Å². The zero-order valence-corrected chi connectivity index (χ0v) is 9.84. The summed E-state index contributed by atoms with van der Waals surface area (Å²) in [4.78, 5) is 13.6. The fourth-order valence-electron chi connectivity index (χ4n) is 1.74. The minimum atomic E-state index is -2.48. The molecule has 17 heavy (non-hydrogen) atoms. The third-order valence-electron chi connectivity index (χ3n) is 2.45. The van der Waals surface area contributed by atoms with Crippen LogP contribution < -0.4 is 10.2 Å². The molecule has 1 aromatic carbocycles. The highest BCUT2D eigenvalue weighted by Gasteiger charge is 2.22. The van der Waals surface area contributed by atoms with Crippen molar-refractivity contribution in [3.63, 3.8) is 0 Å². The van der Waals surface area contributed by atoms with Crippen LogP contribution in [0.2, 0.25) is 0 Å². The van der Waals surface area contributed by atoms with Gasteiger partial charge in [0, 0.05) is 18.0 Å². The van der Waals surface area contributed by atoms with E-state index in [0.29, 0.717) is 35.4 Å². The fraction of sp³-hybridized carbons (Fsp3) is 0.364. The Hall–Kier alpha value is -1.30. The first kappa shape index (κ1) is 12.2. The number of hydrogen-bond donors (Lipinski definition) is 1. The first-order valence-corrected chi connectivity index (χ1v) is 6.15. The number of rotatable bonds is 3. The molecule has 1 aliphatic rings. The summed E-state index contributed by atoms with van der Waals surface area (Å²) in [5.74, 6) is -2.48. The van der Waals surface area contributed by atoms with Crippen LogP contribution >= 0.6 is 11.8 Å². The minimum Gasteiger partial charge on any atom is -0.338 e. The molecule has 0 aromatic heterocycles. The van der Waals surface area contributed by atoms with Crippen molar-refractivity contribution in [3.8, 4) is 0 Å². The lowest BCUT2D eigenvalue weighted by Crippen LogP contribution is -2.46. The number of hydrogen-bond acceptors (Lipinski definition) is 2. The number of benzene rings is 1. The van der Waals surface area contributed by atoms with E-state index in [2.05, 4.69) is 5.32 Å². The van der Waals surface area contributed by atoms with Gasteiger partial charge in [0.1, 0.15) is 0 Å². The molecule has 0 unspecified atom stereocenters. The third-order valence-corrected chi connectivity index (χ3v) is 3.23. The number of amides is 2. The Morgan fingerprint density at radius 1 is 1.35 bits per heavy atom. The normalized spacial score (nSPS) is 16.2. The monoisotopic (exact) mass is 258 g/mol. The standard InChI is InChI=1S/C11H12F2N2OS/c12-10(13)17-9-5-2-1-4-8(9)15-7-3-6-14-11(15)16/h1-2,4-5,10H,3,6-7H2,(H,14,16). The lowest BCUT2D eigenvalue weighted by molar-refractivity contribution is 0.242. The number of nitrogens with one attached hydrogen (secondary N) is 1. The molecule has 2 rings (SSSR count). The van der Waals surface area contributed by atoms with Crippen molar-refractivity contribution < 1.29 is 13.6 Å². The summed E-state index contributed by atoms with van der Waals surface area (Å²) in [6, 6.07) is 6.51. The van der Waals surface area contributed by atoms with E-state index in [1.54, 1.807) is 24.3 Å². The number of halogens is 2. The fourth-order valence-corrected chi connectivity index (χ4v) is 2.38. The van der Waals surface area contributed by atoms with Crippen LogP contribution in [0.15, 0.2) is 29.2 Å². The largest absolute Gasteiger partial charge is 0.338 e. The van der Waals surface area contributed by atoms with Gasteiger partial charge >= 0.3 is 6.03 Å². The first-order valence-electron chi connectivity index (χ1n) is 5.27. The Balaban J connectivity index is 2.26. The van der Waals surface area contributed by atoms with E-state index >= 15 is 0 Å². The molecule has 0 aliphatic carbocycles. The maximum absolute atomic E-state index is 12.4. The maximum atomic E-state index is 12.4. The van der Waals surface area contributed by atoms with Crippen LogP contribution in [0, 0.1) is 0 Å². The molecule has 1 N–H and O–H groups in total. The number of carbonyl (C=O) groups excluding carboxylic acids is 1. The topological polar surface area (TPSA) is 32.3 Å². The Kier molecular flexibility index (Phi) is 3.83. The molecule has 6 heteroatoms. The molecule has 0 radical (unpaired) electrons. The highest BCUT2D eigenvalue weighted by molar-refractivity contribution is 7.99. The van der Waals surface area contributed by atoms with Gasteiger partial charge in [0.15, 0.2) is 0 Å². The maximum Gasteiger partial charge on any atom is 0.321 e. The van der Waals surface area contributed by atoms with Crippen LogP contribution in [0.1, 0.15) is 6.42 Å². The van der Waals surface area contributed by atoms with Crippen molar-refractivity contribution in [3.05, 3.63) is 24.3 Å². The summed E-state index contributed by atoms with van der Waals surface area (Å²) in [6.07, 6.45) is 0.819. The molecule has 0 bridgehead atoms. The van der Waals surface area contributed by atoms with Gasteiger partial charge in [0.2, 0.25) is 0 Å². The first-order chi connectivity index (χ1) is 8.18. The van der Waals surface area contributed by atoms with Crippen molar-refractivity contribution in [2.75, 3.05) is 18.0 Å². The molecule has 1 aliphatic heterocycles. The van der Waals surface area contributed by atoms with Crippen LogP contribution in [-0.4, -0.2) is 24.9 Å². The van der Waals surface area contributed by atoms with Gasteiger partial charge in [0.25, 0.3) is 5.76 Å². The van der Waals surface area contributed by atoms with Gasteiger partial charge in [0.05, 0.1) is 5.69 Å². The van der Waals surface area contributed by atoms with Gasteiger partial charge < -0.3 is 5.32 Å². The summed E-state index contributed by atoms with van der Waals surface area (Å²) >= 11 is 0.466. The molecule has 1 heterocycles.